The quantitative estimate of drug-likeness (QED) is 0.557. The number of aryl methyl sites for hydroxylation is 1. The Labute approximate surface area is 202 Å². The molecule has 1 aromatic heterocycles. The Morgan fingerprint density at radius 3 is 2.42 bits per heavy atom. The van der Waals surface area contributed by atoms with Crippen LogP contribution in [0.1, 0.15) is 63.6 Å². The van der Waals surface area contributed by atoms with E-state index in [9.17, 15) is 4.39 Å². The third-order valence-corrected chi connectivity index (χ3v) is 7.36. The summed E-state index contributed by atoms with van der Waals surface area (Å²) in [6, 6.07) is 9.03. The van der Waals surface area contributed by atoms with Crippen molar-refractivity contribution in [2.75, 3.05) is 29.9 Å². The number of halogens is 1. The molecule has 2 atom stereocenters. The Balaban J connectivity index is 1.43. The fourth-order valence-electron chi connectivity index (χ4n) is 5.61. The van der Waals surface area contributed by atoms with Crippen LogP contribution in [0, 0.1) is 24.6 Å². The topological polar surface area (TPSA) is 53.1 Å². The van der Waals surface area contributed by atoms with E-state index in [-0.39, 0.29) is 11.2 Å². The number of hydrogen-bond donors (Lipinski definition) is 2. The lowest BCUT2D eigenvalue weighted by Gasteiger charge is -2.38. The van der Waals surface area contributed by atoms with Crippen LogP contribution >= 0.6 is 12.2 Å². The molecule has 2 heterocycles. The smallest absolute Gasteiger partial charge is 0.231 e. The molecule has 4 rings (SSSR count). The van der Waals surface area contributed by atoms with Gasteiger partial charge in [0.05, 0.1) is 0 Å². The maximum Gasteiger partial charge on any atom is 0.231 e. The minimum absolute atomic E-state index is 0.0314. The van der Waals surface area contributed by atoms with Gasteiger partial charge in [-0.2, -0.15) is 4.98 Å². The number of piperidine rings is 1. The predicted molar refractivity (Wildman–Crippen MR) is 137 cm³/mol. The summed E-state index contributed by atoms with van der Waals surface area (Å²) in [5.41, 5.74) is 2.07. The van der Waals surface area contributed by atoms with Crippen LogP contribution in [0.25, 0.3) is 0 Å². The second-order valence-electron chi connectivity index (χ2n) is 10.2. The molecule has 2 aliphatic rings. The lowest BCUT2D eigenvalue weighted by atomic mass is 9.69. The zero-order valence-electron chi connectivity index (χ0n) is 20.0. The van der Waals surface area contributed by atoms with Gasteiger partial charge >= 0.3 is 0 Å². The molecule has 1 saturated heterocycles. The Bertz CT molecular complexity index is 948. The largest absolute Gasteiger partial charge is 0.361 e. The van der Waals surface area contributed by atoms with E-state index in [0.29, 0.717) is 29.4 Å². The highest BCUT2D eigenvalue weighted by Crippen LogP contribution is 2.39. The van der Waals surface area contributed by atoms with E-state index in [1.807, 2.05) is 19.1 Å². The second-order valence-corrected chi connectivity index (χ2v) is 10.6. The summed E-state index contributed by atoms with van der Waals surface area (Å²) < 4.78 is 13.5. The van der Waals surface area contributed by atoms with E-state index in [1.165, 1.54) is 31.2 Å². The normalized spacial score (nSPS) is 22.6. The van der Waals surface area contributed by atoms with Gasteiger partial charge in [-0.15, -0.1) is 0 Å². The summed E-state index contributed by atoms with van der Waals surface area (Å²) in [4.78, 5) is 11.7. The number of anilines is 2. The molecule has 33 heavy (non-hydrogen) atoms. The molecule has 0 bridgehead atoms. The van der Waals surface area contributed by atoms with Gasteiger partial charge in [0, 0.05) is 36.8 Å². The van der Waals surface area contributed by atoms with Crippen molar-refractivity contribution in [3.05, 3.63) is 47.4 Å². The first-order valence-electron chi connectivity index (χ1n) is 12.2. The Morgan fingerprint density at radius 1 is 1.09 bits per heavy atom. The molecular weight excluding hydrogens is 433 g/mol. The Hall–Kier alpha value is -2.28. The van der Waals surface area contributed by atoms with Crippen LogP contribution in [0.4, 0.5) is 16.2 Å². The summed E-state index contributed by atoms with van der Waals surface area (Å²) in [5.74, 6) is 2.61. The van der Waals surface area contributed by atoms with E-state index < -0.39 is 0 Å². The molecular formula is C26H36FN5S. The first-order valence-corrected chi connectivity index (χ1v) is 12.7. The molecule has 0 radical (unpaired) electrons. The monoisotopic (exact) mass is 469 g/mol. The van der Waals surface area contributed by atoms with Crippen molar-refractivity contribution in [1.82, 2.24) is 15.3 Å². The first-order chi connectivity index (χ1) is 15.8. The molecule has 0 spiro atoms. The van der Waals surface area contributed by atoms with Gasteiger partial charge in [0.25, 0.3) is 0 Å². The van der Waals surface area contributed by atoms with Gasteiger partial charge in [0.15, 0.2) is 5.11 Å². The van der Waals surface area contributed by atoms with Gasteiger partial charge in [0.1, 0.15) is 11.6 Å². The number of nitrogens with zero attached hydrogens (tertiary/aromatic N) is 3. The van der Waals surface area contributed by atoms with Crippen molar-refractivity contribution in [1.29, 1.82) is 0 Å². The van der Waals surface area contributed by atoms with Crippen molar-refractivity contribution in [3.8, 4) is 0 Å². The standard InChI is InChI=1S/C26H36FN5S/c1-18-13-19(2)16-32(15-18)23-14-20(3)29-24(30-23)31-25(33)28-17-26(11-5-4-6-12-26)21-7-9-22(27)10-8-21/h7-10,14,18-19H,4-6,11-13,15-17H2,1-3H3,(H2,28,29,30,31,33). The molecule has 178 valence electrons. The van der Waals surface area contributed by atoms with Crippen LogP contribution in [-0.4, -0.2) is 34.7 Å². The average molecular weight is 470 g/mol. The maximum absolute atomic E-state index is 13.5. The van der Waals surface area contributed by atoms with Crippen molar-refractivity contribution in [2.24, 2.45) is 11.8 Å². The lowest BCUT2D eigenvalue weighted by Crippen LogP contribution is -2.43. The van der Waals surface area contributed by atoms with Crippen molar-refractivity contribution in [3.63, 3.8) is 0 Å². The molecule has 1 aliphatic heterocycles. The number of thiocarbonyl (C=S) groups is 1. The predicted octanol–water partition coefficient (Wildman–Crippen LogP) is 5.59. The molecule has 2 aromatic rings. The highest BCUT2D eigenvalue weighted by molar-refractivity contribution is 7.80. The fraction of sp³-hybridized carbons (Fsp3) is 0.577. The molecule has 2 unspecified atom stereocenters. The van der Waals surface area contributed by atoms with Crippen LogP contribution < -0.4 is 15.5 Å². The van der Waals surface area contributed by atoms with E-state index in [1.54, 1.807) is 12.1 Å². The summed E-state index contributed by atoms with van der Waals surface area (Å²) in [7, 11) is 0. The fourth-order valence-corrected chi connectivity index (χ4v) is 5.78. The number of nitrogens with one attached hydrogen (secondary N) is 2. The zero-order valence-corrected chi connectivity index (χ0v) is 20.8. The third kappa shape index (κ3) is 5.99. The van der Waals surface area contributed by atoms with Crippen LogP contribution in [0.2, 0.25) is 0 Å². The molecule has 0 amide bonds. The number of rotatable bonds is 5. The van der Waals surface area contributed by atoms with Crippen LogP contribution in [-0.2, 0) is 5.41 Å². The minimum atomic E-state index is -0.195. The van der Waals surface area contributed by atoms with Crippen molar-refractivity contribution >= 4 is 29.1 Å². The Morgan fingerprint density at radius 2 is 1.76 bits per heavy atom. The molecule has 7 heteroatoms. The summed E-state index contributed by atoms with van der Waals surface area (Å²) in [5, 5.41) is 7.16. The molecule has 2 fully saturated rings. The zero-order chi connectivity index (χ0) is 23.4. The van der Waals surface area contributed by atoms with Gasteiger partial charge in [-0.3, -0.25) is 0 Å². The summed E-state index contributed by atoms with van der Waals surface area (Å²) in [6.07, 6.45) is 7.01. The first kappa shape index (κ1) is 23.9. The number of hydrogen-bond acceptors (Lipinski definition) is 4. The van der Waals surface area contributed by atoms with E-state index >= 15 is 0 Å². The average Bonchev–Trinajstić information content (AvgIpc) is 2.78. The van der Waals surface area contributed by atoms with Gasteiger partial charge in [-0.25, -0.2) is 9.37 Å². The molecule has 5 nitrogen and oxygen atoms in total. The maximum atomic E-state index is 13.5. The summed E-state index contributed by atoms with van der Waals surface area (Å²) in [6.45, 7) is 9.35. The van der Waals surface area contributed by atoms with Gasteiger partial charge in [-0.05, 0) is 67.9 Å². The van der Waals surface area contributed by atoms with Crippen LogP contribution in [0.15, 0.2) is 30.3 Å². The summed E-state index contributed by atoms with van der Waals surface area (Å²) >= 11 is 5.63. The number of aromatic nitrogens is 2. The molecule has 2 N–H and O–H groups in total. The molecule has 1 aliphatic carbocycles. The van der Waals surface area contributed by atoms with Gasteiger partial charge in [-0.1, -0.05) is 45.2 Å². The third-order valence-electron chi connectivity index (χ3n) is 7.11. The number of benzene rings is 1. The molecule has 1 aromatic carbocycles. The SMILES string of the molecule is Cc1cc(N2CC(C)CC(C)C2)nc(NC(=S)NCC2(c3ccc(F)cc3)CCCCC2)n1. The van der Waals surface area contributed by atoms with E-state index in [2.05, 4.69) is 40.4 Å². The van der Waals surface area contributed by atoms with Crippen molar-refractivity contribution in [2.45, 2.75) is 64.7 Å². The second kappa shape index (κ2) is 10.3. The van der Waals surface area contributed by atoms with Gasteiger partial charge < -0.3 is 15.5 Å². The Kier molecular flexibility index (Phi) is 7.47. The van der Waals surface area contributed by atoms with Crippen LogP contribution in [0.5, 0.6) is 0 Å². The van der Waals surface area contributed by atoms with Crippen molar-refractivity contribution < 1.29 is 4.39 Å². The van der Waals surface area contributed by atoms with Gasteiger partial charge in [0.2, 0.25) is 5.95 Å². The van der Waals surface area contributed by atoms with E-state index in [4.69, 9.17) is 17.2 Å². The van der Waals surface area contributed by atoms with E-state index in [0.717, 1.165) is 37.4 Å². The minimum Gasteiger partial charge on any atom is -0.361 e. The lowest BCUT2D eigenvalue weighted by molar-refractivity contribution is 0.292. The molecule has 1 saturated carbocycles. The van der Waals surface area contributed by atoms with Crippen LogP contribution in [0.3, 0.4) is 0 Å². The highest BCUT2D eigenvalue weighted by Gasteiger charge is 2.34. The highest BCUT2D eigenvalue weighted by atomic mass is 32.1.